The molecule has 2 rings (SSSR count). The summed E-state index contributed by atoms with van der Waals surface area (Å²) in [7, 11) is 1.26. The molecule has 0 fully saturated rings. The van der Waals surface area contributed by atoms with Crippen molar-refractivity contribution in [3.63, 3.8) is 0 Å². The molecule has 1 N–H and O–H groups in total. The van der Waals surface area contributed by atoms with E-state index in [4.69, 9.17) is 20.2 Å². The van der Waals surface area contributed by atoms with Gasteiger partial charge in [-0.2, -0.15) is 0 Å². The second kappa shape index (κ2) is 4.71. The minimum Gasteiger partial charge on any atom is -0.481 e. The van der Waals surface area contributed by atoms with E-state index >= 15 is 0 Å². The lowest BCUT2D eigenvalue weighted by molar-refractivity contribution is -0.137. The van der Waals surface area contributed by atoms with Gasteiger partial charge >= 0.3 is 11.7 Å². The Morgan fingerprint density at radius 3 is 2.68 bits per heavy atom. The van der Waals surface area contributed by atoms with Gasteiger partial charge in [0.1, 0.15) is 0 Å². The summed E-state index contributed by atoms with van der Waals surface area (Å²) < 4.78 is 28.3. The second-order valence-electron chi connectivity index (χ2n) is 3.73. The first-order valence-electron chi connectivity index (χ1n) is 5.09. The maximum absolute atomic E-state index is 11.5. The number of carboxylic acids is 1. The van der Waals surface area contributed by atoms with Gasteiger partial charge in [-0.1, -0.05) is 0 Å². The molecule has 9 heteroatoms. The normalized spacial score (nSPS) is 11.8. The third-order valence-corrected chi connectivity index (χ3v) is 3.82. The van der Waals surface area contributed by atoms with E-state index in [2.05, 4.69) is 0 Å². The lowest BCUT2D eigenvalue weighted by Gasteiger charge is -1.99. The van der Waals surface area contributed by atoms with Crippen molar-refractivity contribution < 1.29 is 22.7 Å². The van der Waals surface area contributed by atoms with Crippen molar-refractivity contribution in [2.45, 2.75) is 17.9 Å². The van der Waals surface area contributed by atoms with Crippen molar-refractivity contribution >= 4 is 36.8 Å². The first-order chi connectivity index (χ1) is 8.79. The first-order valence-corrected chi connectivity index (χ1v) is 7.40. The van der Waals surface area contributed by atoms with Crippen LogP contribution >= 0.6 is 10.7 Å². The van der Waals surface area contributed by atoms with Gasteiger partial charge in [0.2, 0.25) is 0 Å². The summed E-state index contributed by atoms with van der Waals surface area (Å²) in [6, 6.07) is 3.69. The number of oxazole rings is 1. The molecule has 7 nitrogen and oxygen atoms in total. The predicted octanol–water partition coefficient (Wildman–Crippen LogP) is 0.997. The van der Waals surface area contributed by atoms with Crippen LogP contribution in [0, 0.1) is 0 Å². The van der Waals surface area contributed by atoms with E-state index < -0.39 is 20.8 Å². The molecule has 0 radical (unpaired) electrons. The Bertz CT molecular complexity index is 803. The molecule has 1 aromatic carbocycles. The molecule has 0 aliphatic rings. The minimum absolute atomic E-state index is 0.0390. The molecule has 2 aromatic rings. The van der Waals surface area contributed by atoms with Crippen LogP contribution in [0.25, 0.3) is 11.1 Å². The number of carboxylic acid groups (broad SMARTS) is 1. The number of aromatic nitrogens is 1. The molecule has 102 valence electrons. The number of nitrogens with zero attached hydrogens (tertiary/aromatic N) is 1. The maximum Gasteiger partial charge on any atom is 0.419 e. The zero-order chi connectivity index (χ0) is 14.2. The number of benzene rings is 1. The highest BCUT2D eigenvalue weighted by molar-refractivity contribution is 8.13. The first kappa shape index (κ1) is 13.6. The summed E-state index contributed by atoms with van der Waals surface area (Å²) in [4.78, 5) is 21.8. The number of aliphatic carboxylic acids is 1. The van der Waals surface area contributed by atoms with E-state index in [0.717, 1.165) is 10.6 Å². The molecular formula is C10H8ClNO6S. The Hall–Kier alpha value is -1.80. The molecule has 0 spiro atoms. The highest BCUT2D eigenvalue weighted by Gasteiger charge is 2.15. The summed E-state index contributed by atoms with van der Waals surface area (Å²) in [6.45, 7) is -0.0614. The SMILES string of the molecule is O=C(O)CCn1c(=O)oc2cc(S(=O)(=O)Cl)ccc21. The molecule has 0 unspecified atom stereocenters. The van der Waals surface area contributed by atoms with Crippen LogP contribution in [0.1, 0.15) is 6.42 Å². The van der Waals surface area contributed by atoms with Crippen molar-refractivity contribution in [2.24, 2.45) is 0 Å². The number of halogens is 1. The lowest BCUT2D eigenvalue weighted by atomic mass is 10.3. The van der Waals surface area contributed by atoms with E-state index in [9.17, 15) is 18.0 Å². The Kier molecular flexibility index (Phi) is 3.38. The van der Waals surface area contributed by atoms with Gasteiger partial charge in [0.15, 0.2) is 5.58 Å². The standard InChI is InChI=1S/C10H8ClNO6S/c11-19(16,17)6-1-2-7-8(5-6)18-10(15)12(7)4-3-9(13)14/h1-2,5H,3-4H2,(H,13,14). The second-order valence-corrected chi connectivity index (χ2v) is 6.30. The largest absolute Gasteiger partial charge is 0.481 e. The zero-order valence-electron chi connectivity index (χ0n) is 9.37. The van der Waals surface area contributed by atoms with Gasteiger partial charge in [-0.05, 0) is 12.1 Å². The number of carbonyl (C=O) groups is 1. The molecular weight excluding hydrogens is 298 g/mol. The van der Waals surface area contributed by atoms with E-state index in [1.165, 1.54) is 12.1 Å². The Balaban J connectivity index is 2.54. The smallest absolute Gasteiger partial charge is 0.419 e. The fourth-order valence-corrected chi connectivity index (χ4v) is 2.38. The van der Waals surface area contributed by atoms with Crippen molar-refractivity contribution in [1.82, 2.24) is 4.57 Å². The van der Waals surface area contributed by atoms with Gasteiger partial charge < -0.3 is 9.52 Å². The predicted molar refractivity (Wildman–Crippen MR) is 65.8 cm³/mol. The van der Waals surface area contributed by atoms with E-state index in [0.29, 0.717) is 5.52 Å². The van der Waals surface area contributed by atoms with E-state index in [-0.39, 0.29) is 23.4 Å². The molecule has 0 atom stereocenters. The van der Waals surface area contributed by atoms with Gasteiger partial charge in [0, 0.05) is 23.3 Å². The number of aryl methyl sites for hydroxylation is 1. The highest BCUT2D eigenvalue weighted by Crippen LogP contribution is 2.21. The fourth-order valence-electron chi connectivity index (χ4n) is 1.62. The molecule has 0 aliphatic heterocycles. The third kappa shape index (κ3) is 2.79. The van der Waals surface area contributed by atoms with Crippen LogP contribution in [0.15, 0.2) is 32.3 Å². The summed E-state index contributed by atoms with van der Waals surface area (Å²) in [5.74, 6) is -1.80. The summed E-state index contributed by atoms with van der Waals surface area (Å²) >= 11 is 0. The molecule has 1 heterocycles. The Morgan fingerprint density at radius 1 is 1.42 bits per heavy atom. The van der Waals surface area contributed by atoms with Crippen molar-refractivity contribution in [1.29, 1.82) is 0 Å². The monoisotopic (exact) mass is 305 g/mol. The van der Waals surface area contributed by atoms with E-state index in [1.807, 2.05) is 0 Å². The number of hydrogen-bond donors (Lipinski definition) is 1. The van der Waals surface area contributed by atoms with Crippen LogP contribution in [0.5, 0.6) is 0 Å². The van der Waals surface area contributed by atoms with E-state index in [1.54, 1.807) is 0 Å². The summed E-state index contributed by atoms with van der Waals surface area (Å²) in [5.41, 5.74) is 0.354. The van der Waals surface area contributed by atoms with Crippen LogP contribution in [-0.4, -0.2) is 24.1 Å². The molecule has 19 heavy (non-hydrogen) atoms. The van der Waals surface area contributed by atoms with Crippen LogP contribution in [0.4, 0.5) is 0 Å². The molecule has 1 aromatic heterocycles. The van der Waals surface area contributed by atoms with Gasteiger partial charge in [-0.3, -0.25) is 9.36 Å². The topological polar surface area (TPSA) is 107 Å². The zero-order valence-corrected chi connectivity index (χ0v) is 10.9. The van der Waals surface area contributed by atoms with Crippen LogP contribution in [0.3, 0.4) is 0 Å². The Morgan fingerprint density at radius 2 is 2.11 bits per heavy atom. The minimum atomic E-state index is -3.92. The lowest BCUT2D eigenvalue weighted by Crippen LogP contribution is -2.16. The molecule has 0 amide bonds. The fraction of sp³-hybridized carbons (Fsp3) is 0.200. The summed E-state index contributed by atoms with van der Waals surface area (Å²) in [5, 5.41) is 8.58. The number of rotatable bonds is 4. The third-order valence-electron chi connectivity index (χ3n) is 2.47. The highest BCUT2D eigenvalue weighted by atomic mass is 35.7. The van der Waals surface area contributed by atoms with Gasteiger partial charge in [-0.25, -0.2) is 13.2 Å². The molecule has 0 aliphatic carbocycles. The van der Waals surface area contributed by atoms with Gasteiger partial charge in [0.25, 0.3) is 9.05 Å². The van der Waals surface area contributed by atoms with Gasteiger partial charge in [-0.15, -0.1) is 0 Å². The molecule has 0 saturated heterocycles. The van der Waals surface area contributed by atoms with Crippen LogP contribution in [-0.2, 0) is 20.4 Å². The number of fused-ring (bicyclic) bond motifs is 1. The number of hydrogen-bond acceptors (Lipinski definition) is 5. The molecule has 0 bridgehead atoms. The average Bonchev–Trinajstić information content (AvgIpc) is 2.59. The van der Waals surface area contributed by atoms with Gasteiger partial charge in [0.05, 0.1) is 16.8 Å². The van der Waals surface area contributed by atoms with Crippen LogP contribution in [0.2, 0.25) is 0 Å². The summed E-state index contributed by atoms with van der Waals surface area (Å²) in [6.07, 6.45) is -0.246. The van der Waals surface area contributed by atoms with Crippen LogP contribution < -0.4 is 5.76 Å². The Labute approximate surface area is 111 Å². The van der Waals surface area contributed by atoms with Crippen molar-refractivity contribution in [2.75, 3.05) is 0 Å². The maximum atomic E-state index is 11.5. The average molecular weight is 306 g/mol. The quantitative estimate of drug-likeness (QED) is 0.844. The van der Waals surface area contributed by atoms with Crippen molar-refractivity contribution in [3.05, 3.63) is 28.7 Å². The van der Waals surface area contributed by atoms with Crippen molar-refractivity contribution in [3.8, 4) is 0 Å². The molecule has 0 saturated carbocycles.